The largest absolute Gasteiger partial charge is 0.489 e. The van der Waals surface area contributed by atoms with E-state index in [-0.39, 0.29) is 24.3 Å². The van der Waals surface area contributed by atoms with Crippen LogP contribution in [0.1, 0.15) is 49.5 Å². The first kappa shape index (κ1) is 21.5. The van der Waals surface area contributed by atoms with Gasteiger partial charge in [0.05, 0.1) is 13.0 Å². The number of nitrogens with zero attached hydrogens (tertiary/aromatic N) is 1. The molecule has 0 heterocycles. The van der Waals surface area contributed by atoms with Crippen molar-refractivity contribution in [3.8, 4) is 5.75 Å². The third-order valence-corrected chi connectivity index (χ3v) is 4.60. The van der Waals surface area contributed by atoms with Crippen LogP contribution in [0.25, 0.3) is 0 Å². The Bertz CT molecular complexity index is 743. The monoisotopic (exact) mass is 383 g/mol. The van der Waals surface area contributed by atoms with Gasteiger partial charge in [0, 0.05) is 18.2 Å². The molecule has 28 heavy (non-hydrogen) atoms. The maximum absolute atomic E-state index is 12.9. The fraction of sp³-hybridized carbons (Fsp3) is 0.391. The molecule has 0 aromatic heterocycles. The third-order valence-electron chi connectivity index (χ3n) is 4.60. The number of rotatable bonds is 10. The summed E-state index contributed by atoms with van der Waals surface area (Å²) in [5, 5.41) is 0. The summed E-state index contributed by atoms with van der Waals surface area (Å²) in [5.41, 5.74) is 1.67. The highest BCUT2D eigenvalue weighted by Gasteiger charge is 2.21. The summed E-state index contributed by atoms with van der Waals surface area (Å²) in [6.07, 6.45) is 1.01. The normalized spacial score (nSPS) is 11.5. The van der Waals surface area contributed by atoms with Crippen LogP contribution in [0.3, 0.4) is 0 Å². The fourth-order valence-corrected chi connectivity index (χ4v) is 2.79. The van der Waals surface area contributed by atoms with Crippen molar-refractivity contribution in [2.75, 3.05) is 13.2 Å². The van der Waals surface area contributed by atoms with Gasteiger partial charge < -0.3 is 14.4 Å². The summed E-state index contributed by atoms with van der Waals surface area (Å²) < 4.78 is 10.8. The first-order valence-corrected chi connectivity index (χ1v) is 9.78. The molecule has 0 aliphatic carbocycles. The van der Waals surface area contributed by atoms with Gasteiger partial charge in [-0.3, -0.25) is 9.59 Å². The Balaban J connectivity index is 2.00. The smallest absolute Gasteiger partial charge is 0.307 e. The summed E-state index contributed by atoms with van der Waals surface area (Å²) in [7, 11) is 0. The van der Waals surface area contributed by atoms with Crippen LogP contribution in [-0.2, 0) is 16.1 Å². The number of esters is 1. The van der Waals surface area contributed by atoms with Gasteiger partial charge in [-0.15, -0.1) is 0 Å². The van der Waals surface area contributed by atoms with Crippen molar-refractivity contribution in [2.24, 2.45) is 0 Å². The number of amides is 1. The summed E-state index contributed by atoms with van der Waals surface area (Å²) in [5.74, 6) is 0.337. The van der Waals surface area contributed by atoms with Gasteiger partial charge in [-0.25, -0.2) is 0 Å². The number of hydrogen-bond acceptors (Lipinski definition) is 4. The molecule has 0 saturated heterocycles. The summed E-state index contributed by atoms with van der Waals surface area (Å²) in [4.78, 5) is 26.3. The van der Waals surface area contributed by atoms with Crippen LogP contribution in [0.4, 0.5) is 0 Å². The van der Waals surface area contributed by atoms with Gasteiger partial charge in [0.2, 0.25) is 0 Å². The lowest BCUT2D eigenvalue weighted by Gasteiger charge is -2.28. The zero-order valence-corrected chi connectivity index (χ0v) is 16.9. The number of ether oxygens (including phenoxy) is 2. The molecule has 0 saturated carbocycles. The lowest BCUT2D eigenvalue weighted by atomic mass is 10.1. The van der Waals surface area contributed by atoms with Crippen molar-refractivity contribution in [3.05, 3.63) is 65.7 Å². The average molecular weight is 383 g/mol. The molecule has 150 valence electrons. The molecular weight excluding hydrogens is 354 g/mol. The average Bonchev–Trinajstić information content (AvgIpc) is 2.73. The third kappa shape index (κ3) is 6.41. The molecule has 2 aromatic rings. The highest BCUT2D eigenvalue weighted by atomic mass is 16.5. The zero-order chi connectivity index (χ0) is 20.4. The Kier molecular flexibility index (Phi) is 8.53. The molecule has 2 aromatic carbocycles. The van der Waals surface area contributed by atoms with E-state index in [1.807, 2.05) is 44.2 Å². The van der Waals surface area contributed by atoms with E-state index in [0.717, 1.165) is 12.0 Å². The van der Waals surface area contributed by atoms with Gasteiger partial charge in [0.15, 0.2) is 0 Å². The minimum Gasteiger partial charge on any atom is -0.489 e. The van der Waals surface area contributed by atoms with Gasteiger partial charge >= 0.3 is 5.97 Å². The number of hydrogen-bond donors (Lipinski definition) is 0. The summed E-state index contributed by atoms with van der Waals surface area (Å²) in [6, 6.07) is 17.1. The minimum atomic E-state index is -0.284. The van der Waals surface area contributed by atoms with Crippen LogP contribution in [0.2, 0.25) is 0 Å². The molecule has 0 bridgehead atoms. The quantitative estimate of drug-likeness (QED) is 0.569. The Hall–Kier alpha value is -2.82. The van der Waals surface area contributed by atoms with Crippen LogP contribution in [0, 0.1) is 0 Å². The molecule has 0 spiro atoms. The Labute approximate surface area is 167 Å². The molecule has 5 heteroatoms. The SMILES string of the molecule is CCOC(=O)CCN(C(=O)c1ccc(OCc2ccccc2)cc1)C(C)CC. The van der Waals surface area contributed by atoms with Crippen LogP contribution < -0.4 is 4.74 Å². The first-order chi connectivity index (χ1) is 13.5. The standard InChI is InChI=1S/C23H29NO4/c1-4-18(3)24(16-15-22(25)27-5-2)23(26)20-11-13-21(14-12-20)28-17-19-9-7-6-8-10-19/h6-14,18H,4-5,15-17H2,1-3H3. The van der Waals surface area contributed by atoms with E-state index in [1.54, 1.807) is 36.1 Å². The van der Waals surface area contributed by atoms with E-state index in [2.05, 4.69) is 0 Å². The van der Waals surface area contributed by atoms with Crippen LogP contribution in [0.5, 0.6) is 5.75 Å². The Morgan fingerprint density at radius 1 is 1.00 bits per heavy atom. The van der Waals surface area contributed by atoms with E-state index in [9.17, 15) is 9.59 Å². The molecule has 5 nitrogen and oxygen atoms in total. The van der Waals surface area contributed by atoms with E-state index >= 15 is 0 Å². The molecule has 0 fully saturated rings. The van der Waals surface area contributed by atoms with Crippen molar-refractivity contribution in [1.29, 1.82) is 0 Å². The Morgan fingerprint density at radius 3 is 2.29 bits per heavy atom. The van der Waals surface area contributed by atoms with Gasteiger partial charge in [-0.1, -0.05) is 37.3 Å². The molecule has 1 atom stereocenters. The molecule has 0 aliphatic rings. The van der Waals surface area contributed by atoms with Gasteiger partial charge in [0.1, 0.15) is 12.4 Å². The first-order valence-electron chi connectivity index (χ1n) is 9.78. The highest BCUT2D eigenvalue weighted by Crippen LogP contribution is 2.17. The highest BCUT2D eigenvalue weighted by molar-refractivity contribution is 5.94. The van der Waals surface area contributed by atoms with Crippen LogP contribution >= 0.6 is 0 Å². The van der Waals surface area contributed by atoms with Crippen LogP contribution in [0.15, 0.2) is 54.6 Å². The minimum absolute atomic E-state index is 0.0379. The molecule has 1 amide bonds. The number of carbonyl (C=O) groups is 2. The summed E-state index contributed by atoms with van der Waals surface area (Å²) in [6.45, 7) is 6.96. The second-order valence-corrected chi connectivity index (χ2v) is 6.61. The predicted molar refractivity (Wildman–Crippen MR) is 109 cm³/mol. The lowest BCUT2D eigenvalue weighted by Crippen LogP contribution is -2.39. The van der Waals surface area contributed by atoms with Crippen molar-refractivity contribution in [2.45, 2.75) is 46.3 Å². The maximum Gasteiger partial charge on any atom is 0.307 e. The van der Waals surface area contributed by atoms with Crippen molar-refractivity contribution in [1.82, 2.24) is 4.90 Å². The lowest BCUT2D eigenvalue weighted by molar-refractivity contribution is -0.143. The maximum atomic E-state index is 12.9. The Morgan fingerprint density at radius 2 is 1.68 bits per heavy atom. The van der Waals surface area contributed by atoms with E-state index in [1.165, 1.54) is 0 Å². The van der Waals surface area contributed by atoms with Crippen molar-refractivity contribution < 1.29 is 19.1 Å². The molecule has 2 rings (SSSR count). The van der Waals surface area contributed by atoms with Gasteiger partial charge in [-0.2, -0.15) is 0 Å². The molecule has 0 aliphatic heterocycles. The van der Waals surface area contributed by atoms with Gasteiger partial charge in [-0.05, 0) is 50.1 Å². The fourth-order valence-electron chi connectivity index (χ4n) is 2.79. The predicted octanol–water partition coefficient (Wildman–Crippen LogP) is 4.46. The number of carbonyl (C=O) groups excluding carboxylic acids is 2. The molecule has 1 unspecified atom stereocenters. The topological polar surface area (TPSA) is 55.8 Å². The van der Waals surface area contributed by atoms with Gasteiger partial charge in [0.25, 0.3) is 5.91 Å². The second-order valence-electron chi connectivity index (χ2n) is 6.61. The van der Waals surface area contributed by atoms with Crippen LogP contribution in [-0.4, -0.2) is 36.0 Å². The molecule has 0 N–H and O–H groups in total. The van der Waals surface area contributed by atoms with E-state index in [0.29, 0.717) is 31.1 Å². The summed E-state index contributed by atoms with van der Waals surface area (Å²) >= 11 is 0. The van der Waals surface area contributed by atoms with Crippen molar-refractivity contribution >= 4 is 11.9 Å². The zero-order valence-electron chi connectivity index (χ0n) is 16.9. The van der Waals surface area contributed by atoms with E-state index in [4.69, 9.17) is 9.47 Å². The number of benzene rings is 2. The second kappa shape index (κ2) is 11.1. The van der Waals surface area contributed by atoms with Crippen molar-refractivity contribution in [3.63, 3.8) is 0 Å². The molecule has 0 radical (unpaired) electrons. The van der Waals surface area contributed by atoms with E-state index < -0.39 is 0 Å². The molecular formula is C23H29NO4.